The van der Waals surface area contributed by atoms with Gasteiger partial charge in [0.05, 0.1) is 6.61 Å². The van der Waals surface area contributed by atoms with Gasteiger partial charge < -0.3 is 19.3 Å². The quantitative estimate of drug-likeness (QED) is 0.0272. The molecule has 0 bridgehead atoms. The van der Waals surface area contributed by atoms with Gasteiger partial charge in [0.1, 0.15) is 6.61 Å². The minimum Gasteiger partial charge on any atom is -0.462 e. The van der Waals surface area contributed by atoms with E-state index in [9.17, 15) is 14.2 Å². The minimum atomic E-state index is -4.75. The zero-order valence-electron chi connectivity index (χ0n) is 34.7. The van der Waals surface area contributed by atoms with Gasteiger partial charge >= 0.3 is 19.8 Å². The lowest BCUT2D eigenvalue weighted by atomic mass is 10.0. The Bertz CT molecular complexity index is 873. The number of hydrogen-bond acceptors (Lipinski definition) is 6. The van der Waals surface area contributed by atoms with E-state index in [0.29, 0.717) is 12.8 Å². The van der Waals surface area contributed by atoms with Crippen molar-refractivity contribution in [1.82, 2.24) is 0 Å². The molecule has 314 valence electrons. The van der Waals surface area contributed by atoms with Crippen LogP contribution in [-0.2, 0) is 28.2 Å². The van der Waals surface area contributed by atoms with Crippen molar-refractivity contribution >= 4 is 19.8 Å². The highest BCUT2D eigenvalue weighted by atomic mass is 31.2. The smallest absolute Gasteiger partial charge is 0.462 e. The molecule has 0 aromatic rings. The van der Waals surface area contributed by atoms with E-state index in [2.05, 4.69) is 30.5 Å². The van der Waals surface area contributed by atoms with Gasteiger partial charge in [0.15, 0.2) is 6.10 Å². The van der Waals surface area contributed by atoms with Gasteiger partial charge in [-0.1, -0.05) is 206 Å². The highest BCUT2D eigenvalue weighted by Crippen LogP contribution is 2.36. The molecule has 53 heavy (non-hydrogen) atoms. The molecule has 0 saturated carbocycles. The Morgan fingerprint density at radius 1 is 0.472 bits per heavy atom. The van der Waals surface area contributed by atoms with Crippen molar-refractivity contribution in [3.63, 3.8) is 0 Å². The van der Waals surface area contributed by atoms with Gasteiger partial charge in [-0.15, -0.1) is 0 Å². The fraction of sp³-hybridized carbons (Fsp3) is 0.909. The molecule has 2 N–H and O–H groups in total. The number of esters is 2. The zero-order chi connectivity index (χ0) is 38.9. The molecule has 0 amide bonds. The van der Waals surface area contributed by atoms with Crippen LogP contribution in [0.1, 0.15) is 239 Å². The fourth-order valence-electron chi connectivity index (χ4n) is 6.67. The molecular weight excluding hydrogens is 687 g/mol. The molecule has 0 aromatic heterocycles. The molecule has 0 aliphatic heterocycles. The second-order valence-corrected chi connectivity index (χ2v) is 16.6. The molecule has 0 fully saturated rings. The van der Waals surface area contributed by atoms with Crippen LogP contribution in [0.5, 0.6) is 0 Å². The van der Waals surface area contributed by atoms with Crippen molar-refractivity contribution in [1.29, 1.82) is 0 Å². The van der Waals surface area contributed by atoms with E-state index in [1.807, 2.05) is 0 Å². The molecule has 0 heterocycles. The van der Waals surface area contributed by atoms with Crippen LogP contribution < -0.4 is 0 Å². The number of hydrogen-bond donors (Lipinski definition) is 2. The number of allylic oxidation sites excluding steroid dienone is 2. The molecule has 1 atom stereocenters. The van der Waals surface area contributed by atoms with Crippen LogP contribution in [0.4, 0.5) is 0 Å². The molecule has 0 saturated heterocycles. The van der Waals surface area contributed by atoms with E-state index < -0.39 is 32.5 Å². The zero-order valence-corrected chi connectivity index (χ0v) is 35.6. The van der Waals surface area contributed by atoms with Crippen LogP contribution in [0.15, 0.2) is 12.2 Å². The van der Waals surface area contributed by atoms with Gasteiger partial charge in [-0.3, -0.25) is 14.1 Å². The van der Waals surface area contributed by atoms with Gasteiger partial charge in [0, 0.05) is 12.8 Å². The van der Waals surface area contributed by atoms with Crippen LogP contribution in [0, 0.1) is 0 Å². The van der Waals surface area contributed by atoms with E-state index in [1.54, 1.807) is 0 Å². The van der Waals surface area contributed by atoms with Crippen molar-refractivity contribution in [2.45, 2.75) is 245 Å². The van der Waals surface area contributed by atoms with Gasteiger partial charge in [0.2, 0.25) is 0 Å². The summed E-state index contributed by atoms with van der Waals surface area (Å²) in [5.41, 5.74) is 0. The fourth-order valence-corrected chi connectivity index (χ4v) is 7.03. The van der Waals surface area contributed by atoms with Crippen LogP contribution >= 0.6 is 7.82 Å². The molecule has 0 unspecified atom stereocenters. The summed E-state index contributed by atoms with van der Waals surface area (Å²) in [5.74, 6) is -0.910. The van der Waals surface area contributed by atoms with Crippen molar-refractivity contribution in [2.24, 2.45) is 0 Å². The number of phosphoric acid groups is 1. The lowest BCUT2D eigenvalue weighted by Crippen LogP contribution is -2.29. The van der Waals surface area contributed by atoms with Crippen LogP contribution in [-0.4, -0.2) is 41.0 Å². The summed E-state index contributed by atoms with van der Waals surface area (Å²) in [4.78, 5) is 42.8. The maximum atomic E-state index is 12.4. The van der Waals surface area contributed by atoms with Crippen LogP contribution in [0.25, 0.3) is 0 Å². The van der Waals surface area contributed by atoms with Crippen molar-refractivity contribution in [3.05, 3.63) is 12.2 Å². The van der Waals surface area contributed by atoms with E-state index in [0.717, 1.165) is 32.1 Å². The number of rotatable bonds is 42. The summed E-state index contributed by atoms with van der Waals surface area (Å²) in [6.07, 6.45) is 45.3. The number of carbonyl (C=O) groups is 2. The van der Waals surface area contributed by atoms with E-state index in [-0.39, 0.29) is 19.4 Å². The largest absolute Gasteiger partial charge is 0.469 e. The van der Waals surface area contributed by atoms with Crippen molar-refractivity contribution in [2.75, 3.05) is 13.2 Å². The number of carbonyl (C=O) groups excluding carboxylic acids is 2. The Labute approximate surface area is 327 Å². The van der Waals surface area contributed by atoms with Gasteiger partial charge in [-0.2, -0.15) is 0 Å². The average molecular weight is 773 g/mol. The maximum absolute atomic E-state index is 12.4. The molecule has 0 aromatic carbocycles. The Kier molecular flexibility index (Phi) is 39.5. The standard InChI is InChI=1S/C44H85O8P/c1-3-5-7-9-11-13-15-17-18-19-20-21-22-23-24-25-26-27-29-30-32-34-36-38-43(45)50-40-42(41-51-53(47,48)49)52-44(46)39-37-35-33-31-28-16-14-12-10-8-6-4-2/h30,32,42H,3-29,31,33-41H2,1-2H3,(H2,47,48,49)/b32-30+/t42-/m1/s1. The first-order valence-electron chi connectivity index (χ1n) is 22.5. The summed E-state index contributed by atoms with van der Waals surface area (Å²) in [7, 11) is -4.75. The molecular formula is C44H85O8P. The highest BCUT2D eigenvalue weighted by Gasteiger charge is 2.22. The third kappa shape index (κ3) is 43.4. The molecule has 8 nitrogen and oxygen atoms in total. The normalized spacial score (nSPS) is 12.5. The first-order chi connectivity index (χ1) is 25.8. The number of phosphoric ester groups is 1. The third-order valence-electron chi connectivity index (χ3n) is 10.0. The maximum Gasteiger partial charge on any atom is 0.469 e. The third-order valence-corrected chi connectivity index (χ3v) is 10.5. The van der Waals surface area contributed by atoms with Crippen LogP contribution in [0.3, 0.4) is 0 Å². The molecule has 0 aliphatic carbocycles. The summed E-state index contributed by atoms with van der Waals surface area (Å²) in [5, 5.41) is 0. The van der Waals surface area contributed by atoms with Gasteiger partial charge in [0.25, 0.3) is 0 Å². The molecule has 0 aliphatic rings. The number of unbranched alkanes of at least 4 members (excludes halogenated alkanes) is 30. The van der Waals surface area contributed by atoms with Crippen LogP contribution in [0.2, 0.25) is 0 Å². The topological polar surface area (TPSA) is 119 Å². The van der Waals surface area contributed by atoms with Gasteiger partial charge in [-0.05, 0) is 32.1 Å². The van der Waals surface area contributed by atoms with Gasteiger partial charge in [-0.25, -0.2) is 4.57 Å². The van der Waals surface area contributed by atoms with E-state index in [1.165, 1.54) is 167 Å². The predicted molar refractivity (Wildman–Crippen MR) is 221 cm³/mol. The summed E-state index contributed by atoms with van der Waals surface area (Å²) in [6, 6.07) is 0. The average Bonchev–Trinajstić information content (AvgIpc) is 3.13. The monoisotopic (exact) mass is 773 g/mol. The van der Waals surface area contributed by atoms with E-state index in [4.69, 9.17) is 19.3 Å². The SMILES string of the molecule is CCCCCCCCCCCCCCCCCCCC/C=C/CCCC(=O)OC[C@H](COP(=O)(O)O)OC(=O)CCCCCCCCCCCCCC. The molecule has 9 heteroatoms. The van der Waals surface area contributed by atoms with E-state index >= 15 is 0 Å². The first kappa shape index (κ1) is 51.8. The summed E-state index contributed by atoms with van der Waals surface area (Å²) in [6.45, 7) is 3.68. The van der Waals surface area contributed by atoms with Crippen molar-refractivity contribution in [3.8, 4) is 0 Å². The lowest BCUT2D eigenvalue weighted by molar-refractivity contribution is -0.161. The minimum absolute atomic E-state index is 0.212. The Morgan fingerprint density at radius 3 is 1.21 bits per heavy atom. The molecule has 0 spiro atoms. The first-order valence-corrected chi connectivity index (χ1v) is 24.0. The summed E-state index contributed by atoms with van der Waals surface area (Å²) >= 11 is 0. The number of ether oxygens (including phenoxy) is 2. The Morgan fingerprint density at radius 2 is 0.811 bits per heavy atom. The predicted octanol–water partition coefficient (Wildman–Crippen LogP) is 13.8. The summed E-state index contributed by atoms with van der Waals surface area (Å²) < 4.78 is 26.4. The van der Waals surface area contributed by atoms with Crippen molar-refractivity contribution < 1.29 is 37.9 Å². The Hall–Kier alpha value is -1.21. The highest BCUT2D eigenvalue weighted by molar-refractivity contribution is 7.46. The molecule has 0 rings (SSSR count). The second kappa shape index (κ2) is 40.5. The second-order valence-electron chi connectivity index (χ2n) is 15.4. The molecule has 0 radical (unpaired) electrons. The Balaban J connectivity index is 3.81. The lowest BCUT2D eigenvalue weighted by Gasteiger charge is -2.18.